The fourth-order valence-corrected chi connectivity index (χ4v) is 4.01. The SMILES string of the molecule is CC(C)C1CCC(C(N)c2c(Br)cnn2C(C)C)CC1. The van der Waals surface area contributed by atoms with Crippen LogP contribution in [-0.4, -0.2) is 9.78 Å². The summed E-state index contributed by atoms with van der Waals surface area (Å²) in [6.45, 7) is 9.00. The van der Waals surface area contributed by atoms with Crippen molar-refractivity contribution in [1.29, 1.82) is 0 Å². The molecule has 4 heteroatoms. The molecule has 1 aromatic rings. The Labute approximate surface area is 131 Å². The molecule has 0 aliphatic heterocycles. The quantitative estimate of drug-likeness (QED) is 0.863. The lowest BCUT2D eigenvalue weighted by Gasteiger charge is -2.34. The highest BCUT2D eigenvalue weighted by atomic mass is 79.9. The topological polar surface area (TPSA) is 43.8 Å². The Morgan fingerprint density at radius 3 is 2.20 bits per heavy atom. The molecule has 0 aromatic carbocycles. The van der Waals surface area contributed by atoms with Gasteiger partial charge in [-0.1, -0.05) is 13.8 Å². The van der Waals surface area contributed by atoms with E-state index >= 15 is 0 Å². The molecule has 0 saturated heterocycles. The van der Waals surface area contributed by atoms with Gasteiger partial charge in [0.1, 0.15) is 0 Å². The Bertz CT molecular complexity index is 431. The second kappa shape index (κ2) is 6.61. The van der Waals surface area contributed by atoms with Crippen LogP contribution in [-0.2, 0) is 0 Å². The van der Waals surface area contributed by atoms with Crippen LogP contribution in [0.1, 0.15) is 71.2 Å². The third kappa shape index (κ3) is 3.28. The maximum Gasteiger partial charge on any atom is 0.0699 e. The third-order valence-electron chi connectivity index (χ3n) is 4.86. The molecule has 2 rings (SSSR count). The first-order valence-electron chi connectivity index (χ1n) is 7.90. The van der Waals surface area contributed by atoms with E-state index in [1.54, 1.807) is 0 Å². The zero-order chi connectivity index (χ0) is 14.9. The molecule has 0 amide bonds. The minimum atomic E-state index is 0.0994. The van der Waals surface area contributed by atoms with Crippen molar-refractivity contribution in [1.82, 2.24) is 9.78 Å². The molecule has 20 heavy (non-hydrogen) atoms. The summed E-state index contributed by atoms with van der Waals surface area (Å²) in [5.41, 5.74) is 7.76. The maximum absolute atomic E-state index is 6.58. The summed E-state index contributed by atoms with van der Waals surface area (Å²) in [7, 11) is 0. The average molecular weight is 342 g/mol. The van der Waals surface area contributed by atoms with E-state index in [1.807, 2.05) is 6.20 Å². The summed E-state index contributed by atoms with van der Waals surface area (Å²) in [6.07, 6.45) is 7.03. The Morgan fingerprint density at radius 1 is 1.15 bits per heavy atom. The van der Waals surface area contributed by atoms with Crippen molar-refractivity contribution in [3.05, 3.63) is 16.4 Å². The second-order valence-corrected chi connectivity index (χ2v) is 7.72. The molecule has 1 fully saturated rings. The summed E-state index contributed by atoms with van der Waals surface area (Å²) in [4.78, 5) is 0. The number of nitrogens with two attached hydrogens (primary N) is 1. The maximum atomic E-state index is 6.58. The lowest BCUT2D eigenvalue weighted by Crippen LogP contribution is -2.29. The minimum Gasteiger partial charge on any atom is -0.322 e. The van der Waals surface area contributed by atoms with E-state index < -0.39 is 0 Å². The Hall–Kier alpha value is -0.350. The summed E-state index contributed by atoms with van der Waals surface area (Å²) in [5.74, 6) is 2.28. The van der Waals surface area contributed by atoms with E-state index in [1.165, 1.54) is 31.4 Å². The molecule has 1 saturated carbocycles. The average Bonchev–Trinajstić information content (AvgIpc) is 2.80. The molecule has 3 nitrogen and oxygen atoms in total. The predicted molar refractivity (Wildman–Crippen MR) is 87.5 cm³/mol. The molecule has 0 bridgehead atoms. The molecule has 1 aliphatic carbocycles. The van der Waals surface area contributed by atoms with Crippen molar-refractivity contribution in [3.8, 4) is 0 Å². The summed E-state index contributed by atoms with van der Waals surface area (Å²) < 4.78 is 3.13. The molecular weight excluding hydrogens is 314 g/mol. The first-order valence-corrected chi connectivity index (χ1v) is 8.69. The van der Waals surface area contributed by atoms with Crippen LogP contribution in [0.2, 0.25) is 0 Å². The van der Waals surface area contributed by atoms with Crippen LogP contribution in [0.15, 0.2) is 10.7 Å². The Morgan fingerprint density at radius 2 is 1.70 bits per heavy atom. The van der Waals surface area contributed by atoms with Gasteiger partial charge >= 0.3 is 0 Å². The highest BCUT2D eigenvalue weighted by molar-refractivity contribution is 9.10. The van der Waals surface area contributed by atoms with Gasteiger partial charge in [0, 0.05) is 6.04 Å². The van der Waals surface area contributed by atoms with Crippen LogP contribution >= 0.6 is 15.9 Å². The summed E-state index contributed by atoms with van der Waals surface area (Å²) in [5, 5.41) is 4.46. The largest absolute Gasteiger partial charge is 0.322 e. The number of halogens is 1. The first kappa shape index (κ1) is 16.0. The number of rotatable bonds is 4. The molecule has 1 atom stereocenters. The van der Waals surface area contributed by atoms with E-state index in [2.05, 4.69) is 53.4 Å². The lowest BCUT2D eigenvalue weighted by molar-refractivity contribution is 0.199. The smallest absolute Gasteiger partial charge is 0.0699 e. The molecular formula is C16H28BrN3. The fourth-order valence-electron chi connectivity index (χ4n) is 3.47. The van der Waals surface area contributed by atoms with Gasteiger partial charge < -0.3 is 5.73 Å². The van der Waals surface area contributed by atoms with Crippen molar-refractivity contribution in [2.45, 2.75) is 65.5 Å². The fraction of sp³-hybridized carbons (Fsp3) is 0.812. The van der Waals surface area contributed by atoms with Crippen LogP contribution in [0.5, 0.6) is 0 Å². The minimum absolute atomic E-state index is 0.0994. The first-order chi connectivity index (χ1) is 9.41. The highest BCUT2D eigenvalue weighted by Crippen LogP contribution is 2.40. The van der Waals surface area contributed by atoms with Gasteiger partial charge in [-0.2, -0.15) is 5.10 Å². The molecule has 1 unspecified atom stereocenters. The van der Waals surface area contributed by atoms with Crippen molar-refractivity contribution in [3.63, 3.8) is 0 Å². The van der Waals surface area contributed by atoms with Gasteiger partial charge in [-0.15, -0.1) is 0 Å². The van der Waals surface area contributed by atoms with E-state index in [0.29, 0.717) is 12.0 Å². The van der Waals surface area contributed by atoms with Crippen LogP contribution in [0.25, 0.3) is 0 Å². The van der Waals surface area contributed by atoms with Gasteiger partial charge in [0.2, 0.25) is 0 Å². The number of hydrogen-bond acceptors (Lipinski definition) is 2. The molecule has 1 heterocycles. The van der Waals surface area contributed by atoms with Crippen LogP contribution < -0.4 is 5.73 Å². The van der Waals surface area contributed by atoms with Gasteiger partial charge in [0.15, 0.2) is 0 Å². The van der Waals surface area contributed by atoms with E-state index in [0.717, 1.165) is 16.3 Å². The predicted octanol–water partition coefficient (Wildman–Crippen LogP) is 4.69. The van der Waals surface area contributed by atoms with Gasteiger partial charge in [-0.05, 0) is 73.2 Å². The van der Waals surface area contributed by atoms with Crippen molar-refractivity contribution >= 4 is 15.9 Å². The van der Waals surface area contributed by atoms with Crippen molar-refractivity contribution in [2.24, 2.45) is 23.5 Å². The van der Waals surface area contributed by atoms with E-state index in [-0.39, 0.29) is 6.04 Å². The Kier molecular flexibility index (Phi) is 5.30. The van der Waals surface area contributed by atoms with Crippen LogP contribution in [0.4, 0.5) is 0 Å². The summed E-state index contributed by atoms with van der Waals surface area (Å²) in [6, 6.07) is 0.455. The standard InChI is InChI=1S/C16H28BrN3/c1-10(2)12-5-7-13(8-6-12)15(18)16-14(17)9-19-20(16)11(3)4/h9-13,15H,5-8,18H2,1-4H3. The zero-order valence-electron chi connectivity index (χ0n) is 13.1. The van der Waals surface area contributed by atoms with Crippen molar-refractivity contribution in [2.75, 3.05) is 0 Å². The molecule has 0 radical (unpaired) electrons. The lowest BCUT2D eigenvalue weighted by atomic mass is 9.74. The van der Waals surface area contributed by atoms with Gasteiger partial charge in [-0.3, -0.25) is 4.68 Å². The molecule has 1 aromatic heterocycles. The highest BCUT2D eigenvalue weighted by Gasteiger charge is 2.30. The molecule has 0 spiro atoms. The molecule has 1 aliphatic rings. The second-order valence-electron chi connectivity index (χ2n) is 6.86. The van der Waals surface area contributed by atoms with Crippen molar-refractivity contribution < 1.29 is 0 Å². The van der Waals surface area contributed by atoms with Gasteiger partial charge in [-0.25, -0.2) is 0 Å². The molecule has 2 N–H and O–H groups in total. The number of nitrogens with zero attached hydrogens (tertiary/aromatic N) is 2. The van der Waals surface area contributed by atoms with Gasteiger partial charge in [0.25, 0.3) is 0 Å². The third-order valence-corrected chi connectivity index (χ3v) is 5.47. The normalized spacial score (nSPS) is 25.4. The Balaban J connectivity index is 2.09. The van der Waals surface area contributed by atoms with E-state index in [9.17, 15) is 0 Å². The van der Waals surface area contributed by atoms with Gasteiger partial charge in [0.05, 0.1) is 22.4 Å². The monoisotopic (exact) mass is 341 g/mol. The zero-order valence-corrected chi connectivity index (χ0v) is 14.7. The van der Waals surface area contributed by atoms with Crippen LogP contribution in [0.3, 0.4) is 0 Å². The van der Waals surface area contributed by atoms with Crippen LogP contribution in [0, 0.1) is 17.8 Å². The molecule has 114 valence electrons. The number of hydrogen-bond donors (Lipinski definition) is 1. The number of aromatic nitrogens is 2. The summed E-state index contributed by atoms with van der Waals surface area (Å²) >= 11 is 3.62. The van der Waals surface area contributed by atoms with E-state index in [4.69, 9.17) is 5.73 Å².